The van der Waals surface area contributed by atoms with Gasteiger partial charge in [0.25, 0.3) is 0 Å². The quantitative estimate of drug-likeness (QED) is 0.847. The van der Waals surface area contributed by atoms with Crippen LogP contribution in [0, 0.1) is 18.3 Å². The molecule has 1 N–H and O–H groups in total. The summed E-state index contributed by atoms with van der Waals surface area (Å²) in [5, 5.41) is 2.82. The normalized spacial score (nSPS) is 15.9. The van der Waals surface area contributed by atoms with Crippen LogP contribution in [0.25, 0.3) is 0 Å². The SMILES string of the molecule is Cc1cnc(NC(=O)C(C)(C)C2CC2)cn1. The monoisotopic (exact) mass is 219 g/mol. The van der Waals surface area contributed by atoms with Crippen molar-refractivity contribution in [1.29, 1.82) is 0 Å². The molecule has 1 aliphatic rings. The lowest BCUT2D eigenvalue weighted by Gasteiger charge is -2.22. The highest BCUT2D eigenvalue weighted by molar-refractivity contribution is 5.94. The first-order chi connectivity index (χ1) is 7.50. The molecule has 0 atom stereocenters. The summed E-state index contributed by atoms with van der Waals surface area (Å²) in [7, 11) is 0. The Morgan fingerprint density at radius 3 is 2.56 bits per heavy atom. The van der Waals surface area contributed by atoms with Gasteiger partial charge in [0.15, 0.2) is 5.82 Å². The van der Waals surface area contributed by atoms with Crippen molar-refractivity contribution in [3.8, 4) is 0 Å². The zero-order valence-corrected chi connectivity index (χ0v) is 9.95. The molecule has 1 aromatic heterocycles. The topological polar surface area (TPSA) is 54.9 Å². The Bertz CT molecular complexity index is 393. The molecule has 0 spiro atoms. The second kappa shape index (κ2) is 3.85. The van der Waals surface area contributed by atoms with Crippen molar-refractivity contribution in [2.75, 3.05) is 5.32 Å². The second-order valence-electron chi connectivity index (χ2n) is 4.99. The molecule has 4 heteroatoms. The lowest BCUT2D eigenvalue weighted by molar-refractivity contribution is -0.124. The van der Waals surface area contributed by atoms with E-state index in [9.17, 15) is 4.79 Å². The summed E-state index contributed by atoms with van der Waals surface area (Å²) < 4.78 is 0. The molecule has 0 aromatic carbocycles. The van der Waals surface area contributed by atoms with E-state index in [0.717, 1.165) is 18.5 Å². The molecule has 16 heavy (non-hydrogen) atoms. The summed E-state index contributed by atoms with van der Waals surface area (Å²) in [5.41, 5.74) is 0.548. The molecular weight excluding hydrogens is 202 g/mol. The van der Waals surface area contributed by atoms with E-state index in [1.54, 1.807) is 12.4 Å². The molecule has 1 heterocycles. The smallest absolute Gasteiger partial charge is 0.231 e. The van der Waals surface area contributed by atoms with Gasteiger partial charge in [0.05, 0.1) is 18.1 Å². The standard InChI is InChI=1S/C12H17N3O/c1-8-6-14-10(7-13-8)15-11(16)12(2,3)9-4-5-9/h6-7,9H,4-5H2,1-3H3,(H,14,15,16). The van der Waals surface area contributed by atoms with E-state index in [2.05, 4.69) is 15.3 Å². The van der Waals surface area contributed by atoms with Crippen LogP contribution in [0.15, 0.2) is 12.4 Å². The van der Waals surface area contributed by atoms with Gasteiger partial charge >= 0.3 is 0 Å². The fraction of sp³-hybridized carbons (Fsp3) is 0.583. The van der Waals surface area contributed by atoms with Crippen molar-refractivity contribution in [2.24, 2.45) is 11.3 Å². The Hall–Kier alpha value is -1.45. The van der Waals surface area contributed by atoms with Crippen LogP contribution in [0.5, 0.6) is 0 Å². The number of hydrogen-bond acceptors (Lipinski definition) is 3. The van der Waals surface area contributed by atoms with Gasteiger partial charge in [-0.1, -0.05) is 13.8 Å². The molecule has 1 amide bonds. The van der Waals surface area contributed by atoms with Gasteiger partial charge in [0.1, 0.15) is 0 Å². The van der Waals surface area contributed by atoms with Crippen LogP contribution < -0.4 is 5.32 Å². The molecule has 0 radical (unpaired) electrons. The number of carbonyl (C=O) groups is 1. The molecule has 1 aromatic rings. The first kappa shape index (κ1) is 11.0. The predicted octanol–water partition coefficient (Wildman–Crippen LogP) is 2.16. The van der Waals surface area contributed by atoms with Crippen molar-refractivity contribution in [3.05, 3.63) is 18.1 Å². The largest absolute Gasteiger partial charge is 0.309 e. The van der Waals surface area contributed by atoms with E-state index in [1.807, 2.05) is 20.8 Å². The molecule has 0 unspecified atom stereocenters. The predicted molar refractivity (Wildman–Crippen MR) is 61.9 cm³/mol. The number of aromatic nitrogens is 2. The number of carbonyl (C=O) groups excluding carboxylic acids is 1. The lowest BCUT2D eigenvalue weighted by atomic mass is 9.86. The van der Waals surface area contributed by atoms with E-state index >= 15 is 0 Å². The Balaban J connectivity index is 2.04. The average molecular weight is 219 g/mol. The molecule has 1 fully saturated rings. The highest BCUT2D eigenvalue weighted by Gasteiger charge is 2.43. The van der Waals surface area contributed by atoms with Gasteiger partial charge in [-0.15, -0.1) is 0 Å². The van der Waals surface area contributed by atoms with Crippen LogP contribution in [0.3, 0.4) is 0 Å². The van der Waals surface area contributed by atoms with Crippen molar-refractivity contribution < 1.29 is 4.79 Å². The summed E-state index contributed by atoms with van der Waals surface area (Å²) in [6, 6.07) is 0. The number of amides is 1. The average Bonchev–Trinajstić information content (AvgIpc) is 3.05. The van der Waals surface area contributed by atoms with Gasteiger partial charge in [-0.2, -0.15) is 0 Å². The van der Waals surface area contributed by atoms with Gasteiger partial charge in [-0.05, 0) is 25.7 Å². The minimum atomic E-state index is -0.299. The molecule has 0 aliphatic heterocycles. The molecule has 1 aliphatic carbocycles. The lowest BCUT2D eigenvalue weighted by Crippen LogP contribution is -2.32. The Morgan fingerprint density at radius 2 is 2.06 bits per heavy atom. The highest BCUT2D eigenvalue weighted by Crippen LogP contribution is 2.45. The summed E-state index contributed by atoms with van der Waals surface area (Å²) in [4.78, 5) is 20.2. The molecule has 2 rings (SSSR count). The minimum absolute atomic E-state index is 0.0353. The Morgan fingerprint density at radius 1 is 1.38 bits per heavy atom. The third kappa shape index (κ3) is 2.21. The number of rotatable bonds is 3. The summed E-state index contributed by atoms with van der Waals surface area (Å²) in [6.45, 7) is 5.84. The fourth-order valence-electron chi connectivity index (χ4n) is 1.72. The third-order valence-corrected chi connectivity index (χ3v) is 3.21. The highest BCUT2D eigenvalue weighted by atomic mass is 16.2. The molecular formula is C12H17N3O. The van der Waals surface area contributed by atoms with Gasteiger partial charge in [-0.25, -0.2) is 4.98 Å². The van der Waals surface area contributed by atoms with Gasteiger partial charge in [-0.3, -0.25) is 9.78 Å². The number of nitrogens with zero attached hydrogens (tertiary/aromatic N) is 2. The fourth-order valence-corrected chi connectivity index (χ4v) is 1.72. The van der Waals surface area contributed by atoms with Crippen molar-refractivity contribution in [2.45, 2.75) is 33.6 Å². The first-order valence-electron chi connectivity index (χ1n) is 5.60. The van der Waals surface area contributed by atoms with Crippen LogP contribution >= 0.6 is 0 Å². The van der Waals surface area contributed by atoms with E-state index < -0.39 is 0 Å². The number of aryl methyl sites for hydroxylation is 1. The second-order valence-corrected chi connectivity index (χ2v) is 4.99. The molecule has 1 saturated carbocycles. The molecule has 86 valence electrons. The van der Waals surface area contributed by atoms with E-state index in [0.29, 0.717) is 11.7 Å². The zero-order chi connectivity index (χ0) is 11.8. The van der Waals surface area contributed by atoms with Crippen LogP contribution in [0.1, 0.15) is 32.4 Å². The van der Waals surface area contributed by atoms with Gasteiger partial charge in [0, 0.05) is 5.41 Å². The van der Waals surface area contributed by atoms with Gasteiger partial charge in [0.2, 0.25) is 5.91 Å². The Kier molecular flexibility index (Phi) is 2.66. The van der Waals surface area contributed by atoms with E-state index in [4.69, 9.17) is 0 Å². The molecule has 0 saturated heterocycles. The summed E-state index contributed by atoms with van der Waals surface area (Å²) in [6.07, 6.45) is 5.55. The summed E-state index contributed by atoms with van der Waals surface area (Å²) >= 11 is 0. The maximum absolute atomic E-state index is 12.0. The third-order valence-electron chi connectivity index (χ3n) is 3.21. The van der Waals surface area contributed by atoms with Crippen LogP contribution in [-0.2, 0) is 4.79 Å². The van der Waals surface area contributed by atoms with Crippen LogP contribution in [-0.4, -0.2) is 15.9 Å². The molecule has 4 nitrogen and oxygen atoms in total. The zero-order valence-electron chi connectivity index (χ0n) is 9.95. The van der Waals surface area contributed by atoms with E-state index in [-0.39, 0.29) is 11.3 Å². The van der Waals surface area contributed by atoms with Crippen molar-refractivity contribution in [1.82, 2.24) is 9.97 Å². The van der Waals surface area contributed by atoms with Crippen molar-refractivity contribution in [3.63, 3.8) is 0 Å². The summed E-state index contributed by atoms with van der Waals surface area (Å²) in [5.74, 6) is 1.09. The van der Waals surface area contributed by atoms with Crippen LogP contribution in [0.4, 0.5) is 5.82 Å². The van der Waals surface area contributed by atoms with E-state index in [1.165, 1.54) is 0 Å². The maximum atomic E-state index is 12.0. The number of anilines is 1. The van der Waals surface area contributed by atoms with Crippen LogP contribution in [0.2, 0.25) is 0 Å². The van der Waals surface area contributed by atoms with Gasteiger partial charge < -0.3 is 5.32 Å². The maximum Gasteiger partial charge on any atom is 0.231 e. The number of hydrogen-bond donors (Lipinski definition) is 1. The van der Waals surface area contributed by atoms with Crippen molar-refractivity contribution >= 4 is 11.7 Å². The number of nitrogens with one attached hydrogen (secondary N) is 1. The Labute approximate surface area is 95.5 Å². The first-order valence-corrected chi connectivity index (χ1v) is 5.60. The molecule has 0 bridgehead atoms. The minimum Gasteiger partial charge on any atom is -0.309 e.